The van der Waals surface area contributed by atoms with Crippen LogP contribution in [0.25, 0.3) is 0 Å². The maximum atomic E-state index is 13.0. The van der Waals surface area contributed by atoms with Gasteiger partial charge in [0.05, 0.1) is 17.9 Å². The van der Waals surface area contributed by atoms with Gasteiger partial charge in [0, 0.05) is 12.1 Å². The van der Waals surface area contributed by atoms with E-state index in [1.165, 1.54) is 0 Å². The van der Waals surface area contributed by atoms with Gasteiger partial charge in [-0.25, -0.2) is 4.79 Å². The topological polar surface area (TPSA) is 108 Å². The van der Waals surface area contributed by atoms with Crippen molar-refractivity contribution in [2.24, 2.45) is 5.92 Å². The highest BCUT2D eigenvalue weighted by molar-refractivity contribution is 6.18. The maximum Gasteiger partial charge on any atom is 0.331 e. The summed E-state index contributed by atoms with van der Waals surface area (Å²) in [7, 11) is 0. The summed E-state index contributed by atoms with van der Waals surface area (Å²) in [6.07, 6.45) is 0.301. The van der Waals surface area contributed by atoms with Gasteiger partial charge in [0.15, 0.2) is 5.92 Å². The van der Waals surface area contributed by atoms with Crippen molar-refractivity contribution >= 4 is 35.1 Å². The quantitative estimate of drug-likeness (QED) is 0.613. The predicted octanol–water partition coefficient (Wildman–Crippen LogP) is 2.86. The van der Waals surface area contributed by atoms with Gasteiger partial charge < -0.3 is 10.6 Å². The average molecular weight is 406 g/mol. The highest BCUT2D eigenvalue weighted by Crippen LogP contribution is 2.26. The molecule has 0 unspecified atom stereocenters. The van der Waals surface area contributed by atoms with Crippen LogP contribution in [0.3, 0.4) is 0 Å². The molecule has 8 heteroatoms. The lowest BCUT2D eigenvalue weighted by Gasteiger charge is -2.31. The van der Waals surface area contributed by atoms with E-state index in [0.717, 1.165) is 10.5 Å². The molecule has 0 aromatic heterocycles. The number of anilines is 2. The first-order valence-electron chi connectivity index (χ1n) is 9.45. The molecule has 0 bridgehead atoms. The van der Waals surface area contributed by atoms with Crippen LogP contribution < -0.4 is 16.0 Å². The molecule has 1 fully saturated rings. The van der Waals surface area contributed by atoms with Crippen molar-refractivity contribution in [2.75, 3.05) is 10.6 Å². The second-order valence-corrected chi connectivity index (χ2v) is 6.73. The molecular weight excluding hydrogens is 384 g/mol. The summed E-state index contributed by atoms with van der Waals surface area (Å²) in [5.41, 5.74) is 1.82. The van der Waals surface area contributed by atoms with Crippen molar-refractivity contribution in [3.8, 4) is 0 Å². The van der Waals surface area contributed by atoms with Crippen LogP contribution >= 0.6 is 0 Å². The summed E-state index contributed by atoms with van der Waals surface area (Å²) in [6.45, 7) is 5.60. The van der Waals surface area contributed by atoms with Gasteiger partial charge in [0.25, 0.3) is 0 Å². The van der Waals surface area contributed by atoms with E-state index < -0.39 is 23.8 Å². The van der Waals surface area contributed by atoms with Crippen molar-refractivity contribution in [3.63, 3.8) is 0 Å². The van der Waals surface area contributed by atoms with E-state index in [1.54, 1.807) is 55.5 Å². The van der Waals surface area contributed by atoms with Crippen molar-refractivity contribution in [2.45, 2.75) is 19.9 Å². The fraction of sp³-hybridized carbons (Fsp3) is 0.182. The summed E-state index contributed by atoms with van der Waals surface area (Å²) < 4.78 is 0. The van der Waals surface area contributed by atoms with Crippen LogP contribution in [0.1, 0.15) is 18.9 Å². The van der Waals surface area contributed by atoms with Gasteiger partial charge in [-0.2, -0.15) is 0 Å². The second-order valence-electron chi connectivity index (χ2n) is 6.73. The maximum absolute atomic E-state index is 13.0. The molecule has 1 aliphatic heterocycles. The van der Waals surface area contributed by atoms with E-state index in [9.17, 15) is 19.2 Å². The third-order valence-electron chi connectivity index (χ3n) is 4.60. The smallest absolute Gasteiger partial charge is 0.331 e. The fourth-order valence-electron chi connectivity index (χ4n) is 3.02. The van der Waals surface area contributed by atoms with Gasteiger partial charge in [-0.3, -0.25) is 24.6 Å². The largest absolute Gasteiger partial charge is 0.357 e. The number of carbonyl (C=O) groups excluding carboxylic acids is 4. The van der Waals surface area contributed by atoms with E-state index in [-0.39, 0.29) is 18.1 Å². The molecule has 2 aromatic carbocycles. The number of benzene rings is 2. The lowest BCUT2D eigenvalue weighted by molar-refractivity contribution is -0.141. The van der Waals surface area contributed by atoms with Crippen LogP contribution in [-0.2, 0) is 20.9 Å². The number of nitrogens with zero attached hydrogens (tertiary/aromatic N) is 1. The zero-order valence-electron chi connectivity index (χ0n) is 16.5. The zero-order valence-corrected chi connectivity index (χ0v) is 16.5. The molecule has 0 spiro atoms. The lowest BCUT2D eigenvalue weighted by Crippen LogP contribution is -2.58. The molecule has 1 saturated heterocycles. The Morgan fingerprint density at radius 2 is 1.60 bits per heavy atom. The van der Waals surface area contributed by atoms with Gasteiger partial charge >= 0.3 is 6.03 Å². The predicted molar refractivity (Wildman–Crippen MR) is 112 cm³/mol. The molecule has 5 amide bonds. The van der Waals surface area contributed by atoms with Crippen LogP contribution in [0.15, 0.2) is 66.9 Å². The number of nitrogens with one attached hydrogen (secondary N) is 3. The Hall–Kier alpha value is -3.94. The molecule has 0 saturated carbocycles. The van der Waals surface area contributed by atoms with Crippen LogP contribution in [0, 0.1) is 5.92 Å². The van der Waals surface area contributed by atoms with Crippen molar-refractivity contribution in [1.29, 1.82) is 0 Å². The summed E-state index contributed by atoms with van der Waals surface area (Å²) in [4.78, 5) is 50.3. The number of urea groups is 1. The van der Waals surface area contributed by atoms with Gasteiger partial charge in [-0.05, 0) is 17.7 Å². The standard InChI is InChI=1S/C22H22N4O4/c1-3-18(27)24-17-12-8-7-11-16(17)23-14(2)19-20(28)25-22(30)26(21(19)29)13-15-9-5-4-6-10-15/h4-12,19,23H,2-3,13H2,1H3,(H,24,27)(H,25,28,30)/t19-/m0/s1. The zero-order chi connectivity index (χ0) is 21.7. The highest BCUT2D eigenvalue weighted by atomic mass is 16.2. The van der Waals surface area contributed by atoms with E-state index in [4.69, 9.17) is 0 Å². The Kier molecular flexibility index (Phi) is 6.26. The molecule has 3 N–H and O–H groups in total. The minimum atomic E-state index is -1.29. The van der Waals surface area contributed by atoms with Gasteiger partial charge in [-0.1, -0.05) is 56.0 Å². The number of amides is 5. The van der Waals surface area contributed by atoms with Crippen molar-refractivity contribution in [3.05, 3.63) is 72.4 Å². The number of hydrogen-bond donors (Lipinski definition) is 3. The summed E-state index contributed by atoms with van der Waals surface area (Å²) in [6, 6.07) is 15.1. The van der Waals surface area contributed by atoms with Crippen LogP contribution in [0.2, 0.25) is 0 Å². The molecule has 8 nitrogen and oxygen atoms in total. The monoisotopic (exact) mass is 406 g/mol. The van der Waals surface area contributed by atoms with E-state index in [1.807, 2.05) is 6.07 Å². The summed E-state index contributed by atoms with van der Waals surface area (Å²) in [5, 5.41) is 7.90. The summed E-state index contributed by atoms with van der Waals surface area (Å²) >= 11 is 0. The van der Waals surface area contributed by atoms with Crippen LogP contribution in [-0.4, -0.2) is 28.7 Å². The molecule has 1 atom stereocenters. The van der Waals surface area contributed by atoms with Gasteiger partial charge in [-0.15, -0.1) is 0 Å². The van der Waals surface area contributed by atoms with Crippen molar-refractivity contribution in [1.82, 2.24) is 10.2 Å². The first kappa shape index (κ1) is 20.8. The third-order valence-corrected chi connectivity index (χ3v) is 4.60. The number of barbiturate groups is 1. The summed E-state index contributed by atoms with van der Waals surface area (Å²) in [5.74, 6) is -2.88. The second kappa shape index (κ2) is 9.04. The Bertz CT molecular complexity index is 1000. The Morgan fingerprint density at radius 3 is 2.23 bits per heavy atom. The third kappa shape index (κ3) is 4.54. The fourth-order valence-corrected chi connectivity index (χ4v) is 3.02. The Balaban J connectivity index is 1.80. The molecule has 0 radical (unpaired) electrons. The molecule has 2 aromatic rings. The minimum absolute atomic E-state index is 0.0334. The molecule has 0 aliphatic carbocycles. The SMILES string of the molecule is C=C(Nc1ccccc1NC(=O)CC)[C@H]1C(=O)NC(=O)N(Cc2ccccc2)C1=O. The number of hydrogen-bond acceptors (Lipinski definition) is 5. The van der Waals surface area contributed by atoms with Crippen molar-refractivity contribution < 1.29 is 19.2 Å². The normalized spacial score (nSPS) is 16.1. The van der Waals surface area contributed by atoms with Crippen LogP contribution in [0.5, 0.6) is 0 Å². The van der Waals surface area contributed by atoms with Gasteiger partial charge in [0.1, 0.15) is 0 Å². The minimum Gasteiger partial charge on any atom is -0.357 e. The van der Waals surface area contributed by atoms with E-state index >= 15 is 0 Å². The first-order chi connectivity index (χ1) is 14.4. The first-order valence-corrected chi connectivity index (χ1v) is 9.45. The number of imide groups is 2. The number of para-hydroxylation sites is 2. The molecular formula is C22H22N4O4. The molecule has 30 heavy (non-hydrogen) atoms. The Labute approximate surface area is 173 Å². The highest BCUT2D eigenvalue weighted by Gasteiger charge is 2.42. The molecule has 1 aliphatic rings. The van der Waals surface area contributed by atoms with E-state index in [2.05, 4.69) is 22.5 Å². The van der Waals surface area contributed by atoms with E-state index in [0.29, 0.717) is 17.8 Å². The van der Waals surface area contributed by atoms with Crippen LogP contribution in [0.4, 0.5) is 16.2 Å². The molecule has 1 heterocycles. The number of rotatable bonds is 7. The van der Waals surface area contributed by atoms with Gasteiger partial charge in [0.2, 0.25) is 17.7 Å². The lowest BCUT2D eigenvalue weighted by atomic mass is 10.0. The molecule has 3 rings (SSSR count). The molecule has 154 valence electrons. The number of carbonyl (C=O) groups is 4. The average Bonchev–Trinajstić information content (AvgIpc) is 2.73. The Morgan fingerprint density at radius 1 is 1.00 bits per heavy atom.